The van der Waals surface area contributed by atoms with Gasteiger partial charge in [-0.25, -0.2) is 0 Å². The molecule has 12 rings (SSSR count). The number of para-hydroxylation sites is 4. The van der Waals surface area contributed by atoms with E-state index in [-0.39, 0.29) is 57.4 Å². The molecule has 5 aliphatic rings. The van der Waals surface area contributed by atoms with Crippen LogP contribution in [0.1, 0.15) is 140 Å². The van der Waals surface area contributed by atoms with Crippen LogP contribution in [0.3, 0.4) is 0 Å². The smallest absolute Gasteiger partial charge is 0.425 e. The van der Waals surface area contributed by atoms with Crippen molar-refractivity contribution in [2.24, 2.45) is 5.92 Å². The molecule has 6 amide bonds. The maximum absolute atomic E-state index is 12.6. The summed E-state index contributed by atoms with van der Waals surface area (Å²) < 4.78 is 42.6. The number of aliphatic hydroxyl groups excluding tert-OH is 1. The topological polar surface area (TPSA) is 287 Å². The Morgan fingerprint density at radius 1 is 0.644 bits per heavy atom. The van der Waals surface area contributed by atoms with Gasteiger partial charge in [-0.05, 0) is 140 Å². The normalized spacial score (nSPS) is 16.8. The van der Waals surface area contributed by atoms with E-state index in [4.69, 9.17) is 5.11 Å². The highest BCUT2D eigenvalue weighted by Crippen LogP contribution is 2.46. The summed E-state index contributed by atoms with van der Waals surface area (Å²) in [6.07, 6.45) is 2.21. The molecule has 0 radical (unpaired) electrons. The maximum atomic E-state index is 12.6. The van der Waals surface area contributed by atoms with Gasteiger partial charge < -0.3 is 50.9 Å². The number of nitrogens with one attached hydrogen (secondary N) is 3. The monoisotopic (exact) mass is 1670 g/mol. The average molecular weight is 1670 g/mol. The van der Waals surface area contributed by atoms with Gasteiger partial charge in [0.2, 0.25) is 17.4 Å². The summed E-state index contributed by atoms with van der Waals surface area (Å²) in [5, 5.41) is 57.1. The highest BCUT2D eigenvalue weighted by Gasteiger charge is 2.54. The summed E-state index contributed by atoms with van der Waals surface area (Å²) >= 11 is 0. The fourth-order valence-corrected chi connectivity index (χ4v) is 14.7. The molecule has 2 unspecified atom stereocenters. The number of anilines is 5. The number of fused-ring (bicyclic) bond motifs is 5. The fourth-order valence-electron chi connectivity index (χ4n) is 11.9. The number of phenols is 1. The van der Waals surface area contributed by atoms with Gasteiger partial charge in [0.25, 0.3) is 29.3 Å². The van der Waals surface area contributed by atoms with Crippen molar-refractivity contribution in [2.45, 2.75) is 148 Å². The van der Waals surface area contributed by atoms with Crippen LogP contribution in [0.2, 0.25) is 18.1 Å². The summed E-state index contributed by atoms with van der Waals surface area (Å²) in [5.74, 6) is -2.28. The molecule has 624 valence electrons. The van der Waals surface area contributed by atoms with Crippen LogP contribution in [0.15, 0.2) is 250 Å². The number of halogens is 3. The second-order valence-electron chi connectivity index (χ2n) is 30.4. The number of amides is 6. The number of phenolic OH excluding ortho intramolecular Hbond substituents is 1. The van der Waals surface area contributed by atoms with Crippen molar-refractivity contribution in [3.8, 4) is 5.75 Å². The van der Waals surface area contributed by atoms with E-state index in [9.17, 15) is 72.0 Å². The molecule has 26 heteroatoms. The highest BCUT2D eigenvalue weighted by atomic mass is 31.0. The van der Waals surface area contributed by atoms with Gasteiger partial charge in [0, 0.05) is 66.5 Å². The first kappa shape index (κ1) is 99.1. The van der Waals surface area contributed by atoms with Crippen LogP contribution < -0.4 is 29.9 Å². The summed E-state index contributed by atoms with van der Waals surface area (Å²) in [6.45, 7) is 45.0. The van der Waals surface area contributed by atoms with Gasteiger partial charge >= 0.3 is 12.1 Å². The van der Waals surface area contributed by atoms with E-state index in [1.807, 2.05) is 102 Å². The van der Waals surface area contributed by atoms with Crippen molar-refractivity contribution >= 4 is 102 Å². The van der Waals surface area contributed by atoms with Gasteiger partial charge in [0.1, 0.15) is 5.75 Å². The fraction of sp³-hybridized carbons (Fsp3) is 0.293. The van der Waals surface area contributed by atoms with Gasteiger partial charge in [-0.15, -0.1) is 28.7 Å². The van der Waals surface area contributed by atoms with Gasteiger partial charge in [0.15, 0.2) is 19.4 Å². The van der Waals surface area contributed by atoms with Crippen molar-refractivity contribution in [3.63, 3.8) is 0 Å². The number of Topliss-reactive ketones (excluding diaryl/α,β-unsaturated/α-hetero) is 2. The first-order valence-corrected chi connectivity index (χ1v) is 41.2. The molecule has 5 heterocycles. The number of ketones is 2. The zero-order valence-corrected chi connectivity index (χ0v) is 73.0. The zero-order valence-electron chi connectivity index (χ0n) is 69.7. The lowest BCUT2D eigenvalue weighted by molar-refractivity contribution is -0.245. The third-order valence-corrected chi connectivity index (χ3v) is 25.7. The lowest BCUT2D eigenvalue weighted by Crippen LogP contribution is -2.57. The Morgan fingerprint density at radius 2 is 1.15 bits per heavy atom. The van der Waals surface area contributed by atoms with Crippen molar-refractivity contribution in [1.82, 2.24) is 10.2 Å². The first-order valence-electron chi connectivity index (χ1n) is 37.2. The molecule has 0 aliphatic carbocycles. The molecular weight excluding hydrogens is 1560 g/mol. The third kappa shape index (κ3) is 23.6. The zero-order chi connectivity index (χ0) is 89.4. The minimum Gasteiger partial charge on any atom is -0.507 e. The lowest BCUT2D eigenvalue weighted by atomic mass is 9.85. The van der Waals surface area contributed by atoms with Gasteiger partial charge in [0.05, 0.1) is 41.1 Å². The molecule has 0 fully saturated rings. The van der Waals surface area contributed by atoms with Crippen molar-refractivity contribution in [2.75, 3.05) is 45.2 Å². The number of carbonyl (C=O) groups is 8. The van der Waals surface area contributed by atoms with Crippen LogP contribution >= 0.6 is 18.8 Å². The van der Waals surface area contributed by atoms with Crippen molar-refractivity contribution < 1.29 is 77.1 Å². The second-order valence-corrected chi connectivity index (χ2v) is 36.5. The number of aliphatic hydroxyl groups is 4. The molecule has 7 aromatic carbocycles. The molecule has 0 spiro atoms. The molecule has 0 aromatic heterocycles. The number of alkyl halides is 3. The third-order valence-electron chi connectivity index (χ3n) is 19.5. The number of hydrogen-bond donors (Lipinski definition) is 8. The predicted molar refractivity (Wildman–Crippen MR) is 472 cm³/mol. The lowest BCUT2D eigenvalue weighted by Gasteiger charge is -2.43. The molecule has 5 aliphatic heterocycles. The molecule has 0 saturated carbocycles. The Labute approximate surface area is 696 Å². The van der Waals surface area contributed by atoms with Crippen LogP contribution in [0.25, 0.3) is 0 Å². The molecule has 7 atom stereocenters. The van der Waals surface area contributed by atoms with Gasteiger partial charge in [-0.2, -0.15) is 13.2 Å². The SMILES string of the molecule is C=C=CC.C=C=CC.C=C=C[C@@H]1C(=O)N(P)c2ccc(C)cc21.C=C=C[C@](O)(c1ccccc1)C(F)(F)F.C=C=C[C@]1(O)C(=O)Nc2ccccc21.CC(C)(C)[Si](C)(C)N1C(=O)C(=O)c2ccccc21.CC(C)[C@H](NCc1cccc(C(C)(C)C)c1O)C(=O)N(C)C.Cc1ccc2c(c1)C(=O)C(=O)N2P.O=C1Nc2ccccc2[C@]1(O)CO. The van der Waals surface area contributed by atoms with E-state index in [1.54, 1.807) is 125 Å². The summed E-state index contributed by atoms with van der Waals surface area (Å²) in [7, 11) is 6.14. The van der Waals surface area contributed by atoms with E-state index in [0.29, 0.717) is 57.7 Å². The summed E-state index contributed by atoms with van der Waals surface area (Å²) in [4.78, 5) is 95.3. The average Bonchev–Trinajstić information content (AvgIpc) is 1.59. The molecule has 0 bridgehead atoms. The molecule has 118 heavy (non-hydrogen) atoms. The number of nitrogens with zero attached hydrogens (tertiary/aromatic N) is 4. The number of aryl methyl sites for hydroxylation is 2. The van der Waals surface area contributed by atoms with E-state index < -0.39 is 61.3 Å². The Kier molecular flexibility index (Phi) is 35.9. The Hall–Kier alpha value is -11.2. The van der Waals surface area contributed by atoms with E-state index in [1.165, 1.54) is 35.0 Å². The van der Waals surface area contributed by atoms with E-state index in [0.717, 1.165) is 39.2 Å². The first-order chi connectivity index (χ1) is 55.1. The molecule has 7 aromatic rings. The maximum Gasteiger partial charge on any atom is 0.425 e. The van der Waals surface area contributed by atoms with Crippen molar-refractivity contribution in [1.29, 1.82) is 0 Å². The number of allylic oxidation sites excluding steroid dienone is 2. The second kappa shape index (κ2) is 42.8. The minimum atomic E-state index is -4.79. The van der Waals surface area contributed by atoms with Crippen LogP contribution in [0.5, 0.6) is 5.75 Å². The standard InChI is InChI=1S/C18H30N2O2.C14H19NO2Si.C12H12NOP.C11H9F3O.C11H9NO2.C9H9NO3.C9H8NO2P.2C4H6/c1-12(2)15(17(22)20(6)7)19-11-13-9-8-10-14(16(13)21)18(3,4)5;1-14(2,3)18(4,5)15-11-9-7-6-8-10(11)12(16)13(15)17;1-3-4-9-10-7-8(2)5-6-11(10)13(15)12(9)14;1-2-8-10(15,11(12,13)14)9-6-4-3-5-7-9;1-2-7-11(14)8-5-3-4-6-9(8)12-10(11)13;11-5-9(13)6-3-1-2-4-7(6)10-8(9)12;1-5-2-3-7-6(4-5)8(11)9(12)10(7)13;2*1-3-4-2/h8-10,12,15,19,21H,11H2,1-7H3;6-9H,1-5H3;4-7,9H,1,15H2,2H3;3-8,15H,1H2;3-7,14H,1H2,(H,12,13);1-4,11,13H,5H2,(H,10,12);2-4H,13H2,1H3;2*4H,1H2,2H3/t15-;;9-;10-;11-;9-;;;/m0.0011.../s1. The van der Waals surface area contributed by atoms with Gasteiger partial charge in [-0.1, -0.05) is 228 Å². The Balaban J connectivity index is 0.000000286. The number of likely N-dealkylation sites (N-methyl/N-ethyl adjacent to an activating group) is 1. The van der Waals surface area contributed by atoms with E-state index in [2.05, 4.69) is 145 Å². The quantitative estimate of drug-likeness (QED) is 0.0259. The summed E-state index contributed by atoms with van der Waals surface area (Å²) in [6, 6.07) is 44.8. The number of carbonyl (C=O) groups excluding carboxylic acids is 8. The molecular formula is C92H108F3N7O13P2Si. The Morgan fingerprint density at radius 3 is 1.66 bits per heavy atom. The largest absolute Gasteiger partial charge is 0.507 e. The van der Waals surface area contributed by atoms with Crippen LogP contribution in [0, 0.1) is 19.8 Å². The number of benzene rings is 7. The van der Waals surface area contributed by atoms with Gasteiger partial charge in [-0.3, -0.25) is 47.7 Å². The predicted octanol–water partition coefficient (Wildman–Crippen LogP) is 16.4. The minimum absolute atomic E-state index is 0.0143. The van der Waals surface area contributed by atoms with Crippen LogP contribution in [0.4, 0.5) is 41.6 Å². The van der Waals surface area contributed by atoms with E-state index >= 15 is 0 Å². The number of rotatable bonds is 11. The number of aromatic hydroxyl groups is 1. The highest BCUT2D eigenvalue weighted by molar-refractivity contribution is 7.22. The summed E-state index contributed by atoms with van der Waals surface area (Å²) in [5.41, 5.74) is 16.0. The molecule has 20 nitrogen and oxygen atoms in total. The Bertz CT molecular complexity index is 5090. The number of hydrogen-bond acceptors (Lipinski definition) is 14. The van der Waals surface area contributed by atoms with Crippen LogP contribution in [-0.2, 0) is 57.5 Å². The van der Waals surface area contributed by atoms with Crippen LogP contribution in [-0.4, -0.2) is 119 Å². The molecule has 0 saturated heterocycles. The molecule has 8 N–H and O–H groups in total. The van der Waals surface area contributed by atoms with Crippen molar-refractivity contribution in [3.05, 3.63) is 305 Å².